The first-order chi connectivity index (χ1) is 7.70. The average Bonchev–Trinajstić information content (AvgIpc) is 2.32. The zero-order valence-electron chi connectivity index (χ0n) is 8.53. The zero-order valence-corrected chi connectivity index (χ0v) is 8.53. The fourth-order valence-corrected chi connectivity index (χ4v) is 1.35. The van der Waals surface area contributed by atoms with Crippen LogP contribution < -0.4 is 10.4 Å². The molecule has 5 heteroatoms. The highest BCUT2D eigenvalue weighted by Crippen LogP contribution is 2.21. The van der Waals surface area contributed by atoms with Crippen LogP contribution in [0.2, 0.25) is 0 Å². The molecule has 0 atom stereocenters. The van der Waals surface area contributed by atoms with Crippen molar-refractivity contribution in [1.29, 1.82) is 0 Å². The van der Waals surface area contributed by atoms with Crippen molar-refractivity contribution in [3.63, 3.8) is 0 Å². The van der Waals surface area contributed by atoms with Crippen LogP contribution in [-0.4, -0.2) is 17.1 Å². The Bertz CT molecular complexity index is 549. The molecule has 2 aromatic rings. The van der Waals surface area contributed by atoms with Crippen LogP contribution in [0.25, 0.3) is 11.3 Å². The molecule has 0 fully saturated rings. The van der Waals surface area contributed by atoms with Gasteiger partial charge in [-0.3, -0.25) is 0 Å². The highest BCUT2D eigenvalue weighted by atomic mass is 19.1. The van der Waals surface area contributed by atoms with Gasteiger partial charge in [0.2, 0.25) is 0 Å². The SMILES string of the molecule is COc1ccc(-c2[nH]c(=O)ncc2F)cc1. The lowest BCUT2D eigenvalue weighted by Gasteiger charge is -2.03. The molecule has 0 spiro atoms. The van der Waals surface area contributed by atoms with Gasteiger partial charge in [0.15, 0.2) is 5.82 Å². The lowest BCUT2D eigenvalue weighted by Crippen LogP contribution is -2.11. The lowest BCUT2D eigenvalue weighted by atomic mass is 10.1. The Morgan fingerprint density at radius 1 is 1.31 bits per heavy atom. The topological polar surface area (TPSA) is 55.0 Å². The minimum Gasteiger partial charge on any atom is -0.497 e. The first-order valence-electron chi connectivity index (χ1n) is 4.60. The van der Waals surface area contributed by atoms with E-state index in [-0.39, 0.29) is 5.69 Å². The number of halogens is 1. The predicted molar refractivity (Wildman–Crippen MR) is 56.8 cm³/mol. The third-order valence-electron chi connectivity index (χ3n) is 2.14. The molecule has 0 saturated heterocycles. The van der Waals surface area contributed by atoms with E-state index in [0.717, 1.165) is 6.20 Å². The predicted octanol–water partition coefficient (Wildman–Crippen LogP) is 1.58. The minimum atomic E-state index is -0.577. The lowest BCUT2D eigenvalue weighted by molar-refractivity contribution is 0.415. The Balaban J connectivity index is 2.50. The van der Waals surface area contributed by atoms with Crippen molar-refractivity contribution in [2.75, 3.05) is 7.11 Å². The molecule has 1 heterocycles. The maximum Gasteiger partial charge on any atom is 0.345 e. The quantitative estimate of drug-likeness (QED) is 0.836. The van der Waals surface area contributed by atoms with Gasteiger partial charge >= 0.3 is 5.69 Å². The number of methoxy groups -OCH3 is 1. The molecule has 0 bridgehead atoms. The molecule has 4 nitrogen and oxygen atoms in total. The standard InChI is InChI=1S/C11H9FN2O2/c1-16-8-4-2-7(3-5-8)10-9(12)6-13-11(15)14-10/h2-6H,1H3,(H,13,14,15). The highest BCUT2D eigenvalue weighted by molar-refractivity contribution is 5.60. The summed E-state index contributed by atoms with van der Waals surface area (Å²) in [7, 11) is 1.55. The van der Waals surface area contributed by atoms with Crippen LogP contribution in [0.5, 0.6) is 5.75 Å². The van der Waals surface area contributed by atoms with Gasteiger partial charge in [0, 0.05) is 5.56 Å². The van der Waals surface area contributed by atoms with E-state index in [4.69, 9.17) is 4.74 Å². The Morgan fingerprint density at radius 3 is 2.62 bits per heavy atom. The molecule has 0 radical (unpaired) electrons. The average molecular weight is 220 g/mol. The van der Waals surface area contributed by atoms with Gasteiger partial charge < -0.3 is 9.72 Å². The summed E-state index contributed by atoms with van der Waals surface area (Å²) in [4.78, 5) is 16.6. The summed E-state index contributed by atoms with van der Waals surface area (Å²) in [5, 5.41) is 0. The van der Waals surface area contributed by atoms with Crippen LogP contribution in [0.1, 0.15) is 0 Å². The number of aromatic nitrogens is 2. The van der Waals surface area contributed by atoms with Crippen molar-refractivity contribution in [1.82, 2.24) is 9.97 Å². The van der Waals surface area contributed by atoms with Crippen molar-refractivity contribution in [2.45, 2.75) is 0 Å². The van der Waals surface area contributed by atoms with Crippen molar-refractivity contribution < 1.29 is 9.13 Å². The maximum atomic E-state index is 13.4. The van der Waals surface area contributed by atoms with E-state index in [1.54, 1.807) is 31.4 Å². The van der Waals surface area contributed by atoms with Crippen LogP contribution in [0.4, 0.5) is 4.39 Å². The number of aromatic amines is 1. The third-order valence-corrected chi connectivity index (χ3v) is 2.14. The summed E-state index contributed by atoms with van der Waals surface area (Å²) in [5.74, 6) is 0.102. The fraction of sp³-hybridized carbons (Fsp3) is 0.0909. The number of nitrogens with zero attached hydrogens (tertiary/aromatic N) is 1. The van der Waals surface area contributed by atoms with E-state index in [1.807, 2.05) is 0 Å². The number of benzene rings is 1. The molecule has 1 N–H and O–H groups in total. The Morgan fingerprint density at radius 2 is 2.00 bits per heavy atom. The van der Waals surface area contributed by atoms with E-state index >= 15 is 0 Å². The number of rotatable bonds is 2. The third kappa shape index (κ3) is 1.93. The van der Waals surface area contributed by atoms with Crippen LogP contribution >= 0.6 is 0 Å². The molecule has 0 aliphatic carbocycles. The number of H-pyrrole nitrogens is 1. The minimum absolute atomic E-state index is 0.127. The molecule has 0 unspecified atom stereocenters. The summed E-state index contributed by atoms with van der Waals surface area (Å²) < 4.78 is 18.4. The van der Waals surface area contributed by atoms with Gasteiger partial charge in [-0.2, -0.15) is 4.98 Å². The molecular formula is C11H9FN2O2. The summed E-state index contributed by atoms with van der Waals surface area (Å²) >= 11 is 0. The van der Waals surface area contributed by atoms with Crippen molar-refractivity contribution in [3.8, 4) is 17.0 Å². The maximum absolute atomic E-state index is 13.4. The van der Waals surface area contributed by atoms with Gasteiger partial charge in [-0.15, -0.1) is 0 Å². The van der Waals surface area contributed by atoms with E-state index in [0.29, 0.717) is 11.3 Å². The molecule has 16 heavy (non-hydrogen) atoms. The number of ether oxygens (including phenoxy) is 1. The molecule has 0 amide bonds. The molecule has 2 rings (SSSR count). The van der Waals surface area contributed by atoms with Crippen LogP contribution in [0.3, 0.4) is 0 Å². The number of hydrogen-bond donors (Lipinski definition) is 1. The Kier molecular flexibility index (Phi) is 2.68. The molecule has 1 aromatic heterocycles. The van der Waals surface area contributed by atoms with Crippen LogP contribution in [0.15, 0.2) is 35.3 Å². The van der Waals surface area contributed by atoms with Crippen molar-refractivity contribution >= 4 is 0 Å². The normalized spacial score (nSPS) is 10.1. The van der Waals surface area contributed by atoms with Crippen LogP contribution in [-0.2, 0) is 0 Å². The second kappa shape index (κ2) is 4.14. The molecule has 0 aliphatic rings. The Labute approximate surface area is 90.7 Å². The van der Waals surface area contributed by atoms with Gasteiger partial charge in [-0.05, 0) is 24.3 Å². The van der Waals surface area contributed by atoms with E-state index in [2.05, 4.69) is 9.97 Å². The van der Waals surface area contributed by atoms with Gasteiger partial charge in [-0.25, -0.2) is 9.18 Å². The second-order valence-electron chi connectivity index (χ2n) is 3.14. The smallest absolute Gasteiger partial charge is 0.345 e. The Hall–Kier alpha value is -2.17. The fourth-order valence-electron chi connectivity index (χ4n) is 1.35. The van der Waals surface area contributed by atoms with Gasteiger partial charge in [-0.1, -0.05) is 0 Å². The number of nitrogens with one attached hydrogen (secondary N) is 1. The highest BCUT2D eigenvalue weighted by Gasteiger charge is 2.06. The van der Waals surface area contributed by atoms with Crippen LogP contribution in [0, 0.1) is 5.82 Å². The van der Waals surface area contributed by atoms with E-state index in [9.17, 15) is 9.18 Å². The summed E-state index contributed by atoms with van der Waals surface area (Å²) in [6, 6.07) is 6.70. The largest absolute Gasteiger partial charge is 0.497 e. The second-order valence-corrected chi connectivity index (χ2v) is 3.14. The van der Waals surface area contributed by atoms with Crippen molar-refractivity contribution in [3.05, 3.63) is 46.8 Å². The summed E-state index contributed by atoms with van der Waals surface area (Å²) in [6.07, 6.45) is 0.901. The van der Waals surface area contributed by atoms with Crippen molar-refractivity contribution in [2.24, 2.45) is 0 Å². The van der Waals surface area contributed by atoms with Gasteiger partial charge in [0.1, 0.15) is 5.75 Å². The molecular weight excluding hydrogens is 211 g/mol. The molecule has 1 aromatic carbocycles. The first kappa shape index (κ1) is 10.4. The van der Waals surface area contributed by atoms with Gasteiger partial charge in [0.25, 0.3) is 0 Å². The zero-order chi connectivity index (χ0) is 11.5. The van der Waals surface area contributed by atoms with E-state index < -0.39 is 11.5 Å². The van der Waals surface area contributed by atoms with Gasteiger partial charge in [0.05, 0.1) is 19.0 Å². The monoisotopic (exact) mass is 220 g/mol. The summed E-state index contributed by atoms with van der Waals surface area (Å²) in [5.41, 5.74) is 0.118. The summed E-state index contributed by atoms with van der Waals surface area (Å²) in [6.45, 7) is 0. The number of hydrogen-bond acceptors (Lipinski definition) is 3. The van der Waals surface area contributed by atoms with E-state index in [1.165, 1.54) is 0 Å². The first-order valence-corrected chi connectivity index (χ1v) is 4.60. The molecule has 0 aliphatic heterocycles. The molecule has 82 valence electrons. The molecule has 0 saturated carbocycles.